The van der Waals surface area contributed by atoms with Crippen molar-refractivity contribution < 1.29 is 4.79 Å². The molecular formula is C13H13NO. The number of aromatic nitrogens is 1. The van der Waals surface area contributed by atoms with Crippen molar-refractivity contribution in [2.75, 3.05) is 0 Å². The molecule has 15 heavy (non-hydrogen) atoms. The summed E-state index contributed by atoms with van der Waals surface area (Å²) in [5.74, 6) is 0.0445. The number of hydrogen-bond donors (Lipinski definition) is 1. The van der Waals surface area contributed by atoms with Crippen molar-refractivity contribution in [2.45, 2.75) is 13.8 Å². The summed E-state index contributed by atoms with van der Waals surface area (Å²) in [5, 5.41) is 0. The second-order valence-electron chi connectivity index (χ2n) is 3.75. The number of aryl methyl sites for hydroxylation is 2. The smallest absolute Gasteiger partial charge is 0.209 e. The van der Waals surface area contributed by atoms with Gasteiger partial charge in [0.15, 0.2) is 0 Å². The van der Waals surface area contributed by atoms with Gasteiger partial charge < -0.3 is 4.98 Å². The fourth-order valence-electron chi connectivity index (χ4n) is 1.50. The molecule has 0 saturated heterocycles. The molecule has 1 heterocycles. The van der Waals surface area contributed by atoms with Crippen LogP contribution in [-0.4, -0.2) is 10.8 Å². The van der Waals surface area contributed by atoms with Gasteiger partial charge in [0.1, 0.15) is 0 Å². The largest absolute Gasteiger partial charge is 0.356 e. The number of nitrogens with one attached hydrogen (secondary N) is 1. The fraction of sp³-hybridized carbons (Fsp3) is 0.154. The average molecular weight is 199 g/mol. The topological polar surface area (TPSA) is 32.9 Å². The summed E-state index contributed by atoms with van der Waals surface area (Å²) >= 11 is 0. The van der Waals surface area contributed by atoms with E-state index in [-0.39, 0.29) is 5.78 Å². The molecule has 0 amide bonds. The van der Waals surface area contributed by atoms with E-state index in [1.165, 1.54) is 0 Å². The van der Waals surface area contributed by atoms with Gasteiger partial charge in [-0.25, -0.2) is 0 Å². The third kappa shape index (κ3) is 1.99. The molecule has 2 rings (SSSR count). The molecule has 0 aliphatic rings. The quantitative estimate of drug-likeness (QED) is 0.741. The summed E-state index contributed by atoms with van der Waals surface area (Å²) < 4.78 is 0. The van der Waals surface area contributed by atoms with Crippen LogP contribution in [0.3, 0.4) is 0 Å². The second-order valence-corrected chi connectivity index (χ2v) is 3.75. The van der Waals surface area contributed by atoms with Crippen LogP contribution in [0, 0.1) is 13.8 Å². The van der Waals surface area contributed by atoms with Crippen LogP contribution in [0.1, 0.15) is 27.3 Å². The maximum absolute atomic E-state index is 11.9. The van der Waals surface area contributed by atoms with E-state index in [0.717, 1.165) is 16.8 Å². The first-order valence-electron chi connectivity index (χ1n) is 4.94. The Kier molecular flexibility index (Phi) is 2.42. The fourth-order valence-corrected chi connectivity index (χ4v) is 1.50. The maximum Gasteiger partial charge on any atom is 0.209 e. The molecule has 0 saturated carbocycles. The van der Waals surface area contributed by atoms with Gasteiger partial charge in [0.2, 0.25) is 5.78 Å². The summed E-state index contributed by atoms with van der Waals surface area (Å²) in [6.45, 7) is 3.94. The molecule has 0 spiro atoms. The number of carbonyl (C=O) groups is 1. The Morgan fingerprint density at radius 1 is 1.00 bits per heavy atom. The van der Waals surface area contributed by atoms with E-state index in [1.807, 2.05) is 50.2 Å². The first-order valence-corrected chi connectivity index (χ1v) is 4.94. The molecule has 2 heteroatoms. The van der Waals surface area contributed by atoms with Gasteiger partial charge in [-0.2, -0.15) is 0 Å². The number of carbonyl (C=O) groups excluding carboxylic acids is 1. The van der Waals surface area contributed by atoms with E-state index in [4.69, 9.17) is 0 Å². The zero-order valence-corrected chi connectivity index (χ0v) is 8.87. The third-order valence-electron chi connectivity index (χ3n) is 2.39. The lowest BCUT2D eigenvalue weighted by Gasteiger charge is -1.99. The molecular weight excluding hydrogens is 186 g/mol. The first kappa shape index (κ1) is 9.71. The Bertz CT molecular complexity index is 479. The molecule has 76 valence electrons. The van der Waals surface area contributed by atoms with Gasteiger partial charge >= 0.3 is 0 Å². The lowest BCUT2D eigenvalue weighted by atomic mass is 10.1. The SMILES string of the molecule is Cc1ccc(C(=O)c2ccc(C)[nH]2)cc1. The van der Waals surface area contributed by atoms with Gasteiger partial charge in [0.05, 0.1) is 5.69 Å². The van der Waals surface area contributed by atoms with Crippen LogP contribution in [0.25, 0.3) is 0 Å². The monoisotopic (exact) mass is 199 g/mol. The van der Waals surface area contributed by atoms with E-state index >= 15 is 0 Å². The van der Waals surface area contributed by atoms with Crippen LogP contribution >= 0.6 is 0 Å². The Balaban J connectivity index is 2.32. The van der Waals surface area contributed by atoms with Gasteiger partial charge in [-0.15, -0.1) is 0 Å². The minimum atomic E-state index is 0.0445. The van der Waals surface area contributed by atoms with E-state index in [9.17, 15) is 4.79 Å². The molecule has 2 nitrogen and oxygen atoms in total. The van der Waals surface area contributed by atoms with Crippen molar-refractivity contribution in [1.82, 2.24) is 4.98 Å². The molecule has 0 aliphatic heterocycles. The molecule has 0 unspecified atom stereocenters. The molecule has 1 N–H and O–H groups in total. The van der Waals surface area contributed by atoms with Crippen molar-refractivity contribution >= 4 is 5.78 Å². The number of H-pyrrole nitrogens is 1. The van der Waals surface area contributed by atoms with Crippen molar-refractivity contribution in [3.63, 3.8) is 0 Å². The minimum Gasteiger partial charge on any atom is -0.356 e. The Morgan fingerprint density at radius 3 is 2.20 bits per heavy atom. The predicted molar refractivity (Wildman–Crippen MR) is 60.1 cm³/mol. The van der Waals surface area contributed by atoms with Crippen LogP contribution in [0.15, 0.2) is 36.4 Å². The number of aromatic amines is 1. The second kappa shape index (κ2) is 3.73. The highest BCUT2D eigenvalue weighted by Gasteiger charge is 2.09. The van der Waals surface area contributed by atoms with E-state index in [2.05, 4.69) is 4.98 Å². The van der Waals surface area contributed by atoms with Crippen LogP contribution in [0.4, 0.5) is 0 Å². The van der Waals surface area contributed by atoms with E-state index in [0.29, 0.717) is 5.69 Å². The Hall–Kier alpha value is -1.83. The number of ketones is 1. The summed E-state index contributed by atoms with van der Waals surface area (Å²) in [5.41, 5.74) is 3.54. The Labute approximate surface area is 89.0 Å². The van der Waals surface area contributed by atoms with Crippen molar-refractivity contribution in [2.24, 2.45) is 0 Å². The molecule has 1 aromatic heterocycles. The predicted octanol–water partition coefficient (Wildman–Crippen LogP) is 2.86. The molecule has 2 aromatic rings. The summed E-state index contributed by atoms with van der Waals surface area (Å²) in [6.07, 6.45) is 0. The summed E-state index contributed by atoms with van der Waals surface area (Å²) in [4.78, 5) is 15.0. The van der Waals surface area contributed by atoms with Gasteiger partial charge in [-0.05, 0) is 26.0 Å². The van der Waals surface area contributed by atoms with Gasteiger partial charge in [-0.3, -0.25) is 4.79 Å². The van der Waals surface area contributed by atoms with Crippen molar-refractivity contribution in [3.05, 3.63) is 58.9 Å². The molecule has 0 fully saturated rings. The Morgan fingerprint density at radius 2 is 1.67 bits per heavy atom. The summed E-state index contributed by atoms with van der Waals surface area (Å²) in [6, 6.07) is 11.3. The first-order chi connectivity index (χ1) is 7.16. The number of rotatable bonds is 2. The van der Waals surface area contributed by atoms with Gasteiger partial charge in [0.25, 0.3) is 0 Å². The highest BCUT2D eigenvalue weighted by Crippen LogP contribution is 2.10. The highest BCUT2D eigenvalue weighted by atomic mass is 16.1. The van der Waals surface area contributed by atoms with Gasteiger partial charge in [-0.1, -0.05) is 29.8 Å². The van der Waals surface area contributed by atoms with Gasteiger partial charge in [0, 0.05) is 11.3 Å². The van der Waals surface area contributed by atoms with Crippen LogP contribution in [0.5, 0.6) is 0 Å². The van der Waals surface area contributed by atoms with E-state index in [1.54, 1.807) is 0 Å². The number of benzene rings is 1. The summed E-state index contributed by atoms with van der Waals surface area (Å²) in [7, 11) is 0. The zero-order chi connectivity index (χ0) is 10.8. The molecule has 0 aliphatic carbocycles. The normalized spacial score (nSPS) is 10.3. The minimum absolute atomic E-state index is 0.0445. The molecule has 0 bridgehead atoms. The number of hydrogen-bond acceptors (Lipinski definition) is 1. The highest BCUT2D eigenvalue weighted by molar-refractivity contribution is 6.07. The van der Waals surface area contributed by atoms with E-state index < -0.39 is 0 Å². The van der Waals surface area contributed by atoms with Crippen LogP contribution < -0.4 is 0 Å². The van der Waals surface area contributed by atoms with Crippen molar-refractivity contribution in [3.8, 4) is 0 Å². The maximum atomic E-state index is 11.9. The lowest BCUT2D eigenvalue weighted by molar-refractivity contribution is 0.103. The van der Waals surface area contributed by atoms with Crippen LogP contribution in [-0.2, 0) is 0 Å². The standard InChI is InChI=1S/C13H13NO/c1-9-3-6-11(7-4-9)13(15)12-8-5-10(2)14-12/h3-8,14H,1-2H3. The zero-order valence-electron chi connectivity index (χ0n) is 8.87. The van der Waals surface area contributed by atoms with Crippen LogP contribution in [0.2, 0.25) is 0 Å². The molecule has 0 radical (unpaired) electrons. The lowest BCUT2D eigenvalue weighted by Crippen LogP contribution is -2.01. The van der Waals surface area contributed by atoms with Crippen molar-refractivity contribution in [1.29, 1.82) is 0 Å². The average Bonchev–Trinajstić information content (AvgIpc) is 2.65. The molecule has 1 aromatic carbocycles. The molecule has 0 atom stereocenters. The third-order valence-corrected chi connectivity index (χ3v) is 2.39.